The summed E-state index contributed by atoms with van der Waals surface area (Å²) in [7, 11) is 3.52. The fourth-order valence-electron chi connectivity index (χ4n) is 5.51. The van der Waals surface area contributed by atoms with Crippen molar-refractivity contribution in [1.29, 1.82) is 0 Å². The predicted octanol–water partition coefficient (Wildman–Crippen LogP) is 4.28. The van der Waals surface area contributed by atoms with Gasteiger partial charge in [-0.05, 0) is 47.9 Å². The molecule has 0 radical (unpaired) electrons. The molecule has 0 aliphatic carbocycles. The summed E-state index contributed by atoms with van der Waals surface area (Å²) >= 11 is 0. The van der Waals surface area contributed by atoms with Crippen LogP contribution in [-0.2, 0) is 22.4 Å². The third-order valence-electron chi connectivity index (χ3n) is 7.39. The Bertz CT molecular complexity index is 1230. The minimum Gasteiger partial charge on any atom is -0.496 e. The number of carbonyl (C=O) groups excluding carboxylic acids is 2. The Kier molecular flexibility index (Phi) is 6.37. The largest absolute Gasteiger partial charge is 0.496 e. The average molecular weight is 473 g/mol. The molecule has 1 fully saturated rings. The summed E-state index contributed by atoms with van der Waals surface area (Å²) in [6.45, 7) is 0.552. The maximum Gasteiger partial charge on any atom is 0.222 e. The van der Waals surface area contributed by atoms with Crippen molar-refractivity contribution in [2.75, 3.05) is 20.7 Å². The SMILES string of the molecule is COc1ccc(C[C@@]2(CCC(=O)N(C)C[C@@H]3Cc4ccccc4O3)CCC(=O)N2)c2ccccc12. The van der Waals surface area contributed by atoms with Crippen molar-refractivity contribution in [2.45, 2.75) is 50.2 Å². The molecule has 6 nitrogen and oxygen atoms in total. The molecule has 2 aliphatic heterocycles. The van der Waals surface area contributed by atoms with E-state index in [9.17, 15) is 9.59 Å². The lowest BCUT2D eigenvalue weighted by Crippen LogP contribution is -2.45. The van der Waals surface area contributed by atoms with E-state index in [-0.39, 0.29) is 17.9 Å². The van der Waals surface area contributed by atoms with E-state index in [0.29, 0.717) is 32.2 Å². The number of nitrogens with one attached hydrogen (secondary N) is 1. The van der Waals surface area contributed by atoms with Crippen LogP contribution < -0.4 is 14.8 Å². The van der Waals surface area contributed by atoms with Crippen molar-refractivity contribution >= 4 is 22.6 Å². The molecule has 35 heavy (non-hydrogen) atoms. The molecule has 3 aromatic carbocycles. The summed E-state index contributed by atoms with van der Waals surface area (Å²) in [5.74, 6) is 1.88. The summed E-state index contributed by atoms with van der Waals surface area (Å²) in [4.78, 5) is 27.1. The highest BCUT2D eigenvalue weighted by Gasteiger charge is 2.38. The van der Waals surface area contributed by atoms with Crippen LogP contribution in [0.2, 0.25) is 0 Å². The molecule has 0 unspecified atom stereocenters. The van der Waals surface area contributed by atoms with Crippen LogP contribution in [0.3, 0.4) is 0 Å². The second kappa shape index (κ2) is 9.61. The van der Waals surface area contributed by atoms with E-state index in [1.54, 1.807) is 12.0 Å². The highest BCUT2D eigenvalue weighted by atomic mass is 16.5. The van der Waals surface area contributed by atoms with Gasteiger partial charge in [-0.15, -0.1) is 0 Å². The van der Waals surface area contributed by atoms with Crippen LogP contribution in [0.4, 0.5) is 0 Å². The molecule has 2 heterocycles. The standard InChI is InChI=1S/C29H32N2O4/c1-31(19-22-17-20-7-3-6-10-25(20)35-22)28(33)14-16-29(15-13-27(32)30-29)18-21-11-12-26(34-2)24-9-5-4-8-23(21)24/h3-12,22H,13-19H2,1-2H3,(H,30,32)/t22-,29-/m0/s1. The molecule has 1 N–H and O–H groups in total. The van der Waals surface area contributed by atoms with Gasteiger partial charge in [0.1, 0.15) is 17.6 Å². The molecular weight excluding hydrogens is 440 g/mol. The quantitative estimate of drug-likeness (QED) is 0.531. The lowest BCUT2D eigenvalue weighted by atomic mass is 9.83. The van der Waals surface area contributed by atoms with Gasteiger partial charge < -0.3 is 19.7 Å². The first-order chi connectivity index (χ1) is 17.0. The average Bonchev–Trinajstić information content (AvgIpc) is 3.45. The van der Waals surface area contributed by atoms with Gasteiger partial charge in [-0.25, -0.2) is 0 Å². The second-order valence-electron chi connectivity index (χ2n) is 9.80. The highest BCUT2D eigenvalue weighted by Crippen LogP contribution is 2.35. The molecule has 2 amide bonds. The van der Waals surface area contributed by atoms with E-state index < -0.39 is 5.54 Å². The van der Waals surface area contributed by atoms with Gasteiger partial charge in [-0.2, -0.15) is 0 Å². The lowest BCUT2D eigenvalue weighted by molar-refractivity contribution is -0.131. The van der Waals surface area contributed by atoms with E-state index in [0.717, 1.165) is 40.7 Å². The molecule has 2 atom stereocenters. The van der Waals surface area contributed by atoms with Gasteiger partial charge in [0.05, 0.1) is 13.7 Å². The Balaban J connectivity index is 1.26. The summed E-state index contributed by atoms with van der Waals surface area (Å²) in [5.41, 5.74) is 1.92. The van der Waals surface area contributed by atoms with Gasteiger partial charge in [0, 0.05) is 37.2 Å². The zero-order chi connectivity index (χ0) is 24.4. The molecule has 6 heteroatoms. The van der Waals surface area contributed by atoms with Gasteiger partial charge in [0.25, 0.3) is 0 Å². The van der Waals surface area contributed by atoms with E-state index in [4.69, 9.17) is 9.47 Å². The molecule has 1 saturated heterocycles. The fraction of sp³-hybridized carbons (Fsp3) is 0.379. The third kappa shape index (κ3) is 4.83. The summed E-state index contributed by atoms with van der Waals surface area (Å²) < 4.78 is 11.6. The Morgan fingerprint density at radius 3 is 2.63 bits per heavy atom. The van der Waals surface area contributed by atoms with Crippen molar-refractivity contribution in [1.82, 2.24) is 10.2 Å². The second-order valence-corrected chi connectivity index (χ2v) is 9.80. The van der Waals surface area contributed by atoms with Crippen LogP contribution in [0.1, 0.15) is 36.8 Å². The number of hydrogen-bond donors (Lipinski definition) is 1. The smallest absolute Gasteiger partial charge is 0.222 e. The zero-order valence-electron chi connectivity index (χ0n) is 20.4. The van der Waals surface area contributed by atoms with Crippen molar-refractivity contribution < 1.29 is 19.1 Å². The number of likely N-dealkylation sites (N-methyl/N-ethyl adjacent to an activating group) is 1. The number of hydrogen-bond acceptors (Lipinski definition) is 4. The number of methoxy groups -OCH3 is 1. The number of fused-ring (bicyclic) bond motifs is 2. The van der Waals surface area contributed by atoms with Crippen LogP contribution in [0, 0.1) is 0 Å². The number of amides is 2. The third-order valence-corrected chi connectivity index (χ3v) is 7.39. The molecule has 3 aromatic rings. The van der Waals surface area contributed by atoms with Gasteiger partial charge >= 0.3 is 0 Å². The van der Waals surface area contributed by atoms with Crippen LogP contribution in [0.25, 0.3) is 10.8 Å². The highest BCUT2D eigenvalue weighted by molar-refractivity contribution is 5.91. The first-order valence-electron chi connectivity index (χ1n) is 12.3. The Morgan fingerprint density at radius 1 is 1.11 bits per heavy atom. The molecule has 0 aromatic heterocycles. The number of carbonyl (C=O) groups is 2. The summed E-state index contributed by atoms with van der Waals surface area (Å²) in [6.07, 6.45) is 3.68. The first kappa shape index (κ1) is 23.2. The summed E-state index contributed by atoms with van der Waals surface area (Å²) in [5, 5.41) is 5.40. The van der Waals surface area contributed by atoms with Crippen LogP contribution in [0.5, 0.6) is 11.5 Å². The van der Waals surface area contributed by atoms with Crippen molar-refractivity contribution in [2.24, 2.45) is 0 Å². The first-order valence-corrected chi connectivity index (χ1v) is 12.3. The number of benzene rings is 3. The number of rotatable bonds is 8. The zero-order valence-corrected chi connectivity index (χ0v) is 20.4. The maximum atomic E-state index is 13.1. The molecule has 0 spiro atoms. The van der Waals surface area contributed by atoms with E-state index >= 15 is 0 Å². The topological polar surface area (TPSA) is 67.9 Å². The number of nitrogens with zero attached hydrogens (tertiary/aromatic N) is 1. The number of ether oxygens (including phenoxy) is 2. The minimum atomic E-state index is -0.426. The maximum absolute atomic E-state index is 13.1. The van der Waals surface area contributed by atoms with Gasteiger partial charge in [-0.3, -0.25) is 9.59 Å². The molecule has 0 bridgehead atoms. The van der Waals surface area contributed by atoms with Crippen molar-refractivity contribution in [3.8, 4) is 11.5 Å². The molecule has 5 rings (SSSR count). The molecule has 0 saturated carbocycles. The van der Waals surface area contributed by atoms with E-state index in [2.05, 4.69) is 29.6 Å². The fourth-order valence-corrected chi connectivity index (χ4v) is 5.51. The van der Waals surface area contributed by atoms with E-state index in [1.165, 1.54) is 5.56 Å². The van der Waals surface area contributed by atoms with Gasteiger partial charge in [0.15, 0.2) is 0 Å². The minimum absolute atomic E-state index is 0.0212. The molecule has 182 valence electrons. The van der Waals surface area contributed by atoms with Gasteiger partial charge in [-0.1, -0.05) is 48.5 Å². The molecule has 2 aliphatic rings. The Hall–Kier alpha value is -3.54. The number of para-hydroxylation sites is 1. The molecular formula is C29H32N2O4. The lowest BCUT2D eigenvalue weighted by Gasteiger charge is -2.31. The Morgan fingerprint density at radius 2 is 1.89 bits per heavy atom. The monoisotopic (exact) mass is 472 g/mol. The Labute approximate surface area is 206 Å². The predicted molar refractivity (Wildman–Crippen MR) is 136 cm³/mol. The van der Waals surface area contributed by atoms with E-state index in [1.807, 2.05) is 43.4 Å². The van der Waals surface area contributed by atoms with Gasteiger partial charge in [0.2, 0.25) is 11.8 Å². The van der Waals surface area contributed by atoms with Crippen molar-refractivity contribution in [3.63, 3.8) is 0 Å². The normalized spacial score (nSPS) is 20.9. The van der Waals surface area contributed by atoms with Crippen molar-refractivity contribution in [3.05, 3.63) is 71.8 Å². The van der Waals surface area contributed by atoms with Crippen LogP contribution in [-0.4, -0.2) is 49.1 Å². The van der Waals surface area contributed by atoms with Crippen LogP contribution in [0.15, 0.2) is 60.7 Å². The van der Waals surface area contributed by atoms with Crippen LogP contribution >= 0.6 is 0 Å². The summed E-state index contributed by atoms with van der Waals surface area (Å²) in [6, 6.07) is 20.3.